The number of carbonyl (C=O) groups is 2. The molecule has 1 unspecified atom stereocenters. The summed E-state index contributed by atoms with van der Waals surface area (Å²) in [6, 6.07) is 1.85. The molecule has 1 aromatic rings. The Kier molecular flexibility index (Phi) is 5.20. The fourth-order valence-electron chi connectivity index (χ4n) is 1.59. The van der Waals surface area contributed by atoms with Crippen LogP contribution < -0.4 is 15.8 Å². The Balaban J connectivity index is 3.10. The first-order chi connectivity index (χ1) is 9.57. The van der Waals surface area contributed by atoms with Gasteiger partial charge in [-0.15, -0.1) is 0 Å². The highest BCUT2D eigenvalue weighted by atomic mass is 35.5. The minimum Gasteiger partial charge on any atom is -0.496 e. The standard InChI is InChI=1S/C14H19ClN2O4/c1-14(2,3)11(16)12(18)17-9-6-10(21-4)7(13(19)20)5-8(9)15/h5-6,11H,16H2,1-4H3,(H,17,18)(H,19,20). The second-order valence-corrected chi connectivity index (χ2v) is 6.08. The number of hydrogen-bond acceptors (Lipinski definition) is 4. The minimum atomic E-state index is -1.17. The molecule has 0 fully saturated rings. The number of nitrogens with one attached hydrogen (secondary N) is 1. The average Bonchev–Trinajstić information content (AvgIpc) is 2.38. The van der Waals surface area contributed by atoms with Crippen molar-refractivity contribution < 1.29 is 19.4 Å². The molecule has 21 heavy (non-hydrogen) atoms. The number of rotatable bonds is 4. The number of methoxy groups -OCH3 is 1. The molecular formula is C14H19ClN2O4. The number of carboxylic acids is 1. The molecule has 0 aliphatic carbocycles. The third-order valence-corrected chi connectivity index (χ3v) is 3.31. The zero-order valence-electron chi connectivity index (χ0n) is 12.4. The largest absolute Gasteiger partial charge is 0.496 e. The van der Waals surface area contributed by atoms with Crippen LogP contribution in [0.4, 0.5) is 5.69 Å². The summed E-state index contributed by atoms with van der Waals surface area (Å²) in [6.45, 7) is 5.52. The topological polar surface area (TPSA) is 102 Å². The van der Waals surface area contributed by atoms with Crippen LogP contribution in [-0.4, -0.2) is 30.1 Å². The molecule has 6 nitrogen and oxygen atoms in total. The molecule has 1 atom stereocenters. The van der Waals surface area contributed by atoms with Gasteiger partial charge in [0, 0.05) is 6.07 Å². The number of ether oxygens (including phenoxy) is 1. The quantitative estimate of drug-likeness (QED) is 0.792. The van der Waals surface area contributed by atoms with E-state index in [0.717, 1.165) is 0 Å². The number of carboxylic acid groups (broad SMARTS) is 1. The van der Waals surface area contributed by atoms with E-state index in [2.05, 4.69) is 5.32 Å². The molecular weight excluding hydrogens is 296 g/mol. The Bertz CT molecular complexity index is 567. The molecule has 0 saturated heterocycles. The van der Waals surface area contributed by atoms with Gasteiger partial charge in [-0.2, -0.15) is 0 Å². The van der Waals surface area contributed by atoms with Crippen LogP contribution in [0.5, 0.6) is 5.75 Å². The van der Waals surface area contributed by atoms with Crippen LogP contribution in [0, 0.1) is 5.41 Å². The maximum atomic E-state index is 12.1. The van der Waals surface area contributed by atoms with Crippen molar-refractivity contribution in [2.45, 2.75) is 26.8 Å². The number of hydrogen-bond donors (Lipinski definition) is 3. The van der Waals surface area contributed by atoms with E-state index in [1.807, 2.05) is 20.8 Å². The molecule has 7 heteroatoms. The predicted octanol–water partition coefficient (Wildman–Crippen LogP) is 2.36. The lowest BCUT2D eigenvalue weighted by atomic mass is 9.87. The third-order valence-electron chi connectivity index (χ3n) is 2.99. The number of amides is 1. The molecule has 0 heterocycles. The molecule has 1 rings (SSSR count). The smallest absolute Gasteiger partial charge is 0.339 e. The second kappa shape index (κ2) is 6.32. The van der Waals surface area contributed by atoms with E-state index >= 15 is 0 Å². The molecule has 0 aliphatic heterocycles. The van der Waals surface area contributed by atoms with E-state index in [-0.39, 0.29) is 22.0 Å². The van der Waals surface area contributed by atoms with Crippen LogP contribution in [0.1, 0.15) is 31.1 Å². The monoisotopic (exact) mass is 314 g/mol. The maximum Gasteiger partial charge on any atom is 0.339 e. The van der Waals surface area contributed by atoms with Crippen molar-refractivity contribution in [2.75, 3.05) is 12.4 Å². The van der Waals surface area contributed by atoms with E-state index in [9.17, 15) is 9.59 Å². The summed E-state index contributed by atoms with van der Waals surface area (Å²) in [5, 5.41) is 11.7. The molecule has 0 aromatic heterocycles. The van der Waals surface area contributed by atoms with Gasteiger partial charge in [-0.05, 0) is 11.5 Å². The Hall–Kier alpha value is -1.79. The highest BCUT2D eigenvalue weighted by molar-refractivity contribution is 6.34. The summed E-state index contributed by atoms with van der Waals surface area (Å²) < 4.78 is 4.99. The van der Waals surface area contributed by atoms with Crippen molar-refractivity contribution in [3.8, 4) is 5.75 Å². The van der Waals surface area contributed by atoms with Gasteiger partial charge in [0.2, 0.25) is 5.91 Å². The van der Waals surface area contributed by atoms with Crippen LogP contribution >= 0.6 is 11.6 Å². The molecule has 0 radical (unpaired) electrons. The number of carbonyl (C=O) groups excluding carboxylic acids is 1. The first-order valence-electron chi connectivity index (χ1n) is 6.25. The lowest BCUT2D eigenvalue weighted by Crippen LogP contribution is -2.45. The summed E-state index contributed by atoms with van der Waals surface area (Å²) in [5.74, 6) is -1.47. The fourth-order valence-corrected chi connectivity index (χ4v) is 1.80. The Labute approximate surface area is 128 Å². The van der Waals surface area contributed by atoms with Gasteiger partial charge in [-0.25, -0.2) is 4.79 Å². The maximum absolute atomic E-state index is 12.1. The van der Waals surface area contributed by atoms with E-state index in [0.29, 0.717) is 0 Å². The summed E-state index contributed by atoms with van der Waals surface area (Å²) in [7, 11) is 1.34. The molecule has 1 amide bonds. The minimum absolute atomic E-state index is 0.0828. The molecule has 0 bridgehead atoms. The summed E-state index contributed by atoms with van der Waals surface area (Å²) >= 11 is 5.99. The molecule has 0 saturated carbocycles. The number of anilines is 1. The van der Waals surface area contributed by atoms with Crippen molar-refractivity contribution in [2.24, 2.45) is 11.1 Å². The van der Waals surface area contributed by atoms with Gasteiger partial charge in [0.05, 0.1) is 23.9 Å². The van der Waals surface area contributed by atoms with Crippen molar-refractivity contribution in [3.05, 3.63) is 22.7 Å². The SMILES string of the molecule is COc1cc(NC(=O)C(N)C(C)(C)C)c(Cl)cc1C(=O)O. The van der Waals surface area contributed by atoms with Gasteiger partial charge in [-0.3, -0.25) is 4.79 Å². The average molecular weight is 315 g/mol. The lowest BCUT2D eigenvalue weighted by molar-refractivity contribution is -0.119. The van der Waals surface area contributed by atoms with E-state index in [1.165, 1.54) is 19.2 Å². The van der Waals surface area contributed by atoms with Gasteiger partial charge < -0.3 is 20.9 Å². The summed E-state index contributed by atoms with van der Waals surface area (Å²) in [6.07, 6.45) is 0. The number of benzene rings is 1. The zero-order chi connectivity index (χ0) is 16.4. The first-order valence-corrected chi connectivity index (χ1v) is 6.63. The number of halogens is 1. The summed E-state index contributed by atoms with van der Waals surface area (Å²) in [4.78, 5) is 23.1. The van der Waals surface area contributed by atoms with Crippen LogP contribution in [0.2, 0.25) is 5.02 Å². The van der Waals surface area contributed by atoms with Gasteiger partial charge in [0.25, 0.3) is 0 Å². The van der Waals surface area contributed by atoms with Gasteiger partial charge in [0.15, 0.2) is 0 Å². The molecule has 0 spiro atoms. The van der Waals surface area contributed by atoms with Crippen LogP contribution in [-0.2, 0) is 4.79 Å². The Morgan fingerprint density at radius 2 is 1.95 bits per heavy atom. The van der Waals surface area contributed by atoms with E-state index < -0.39 is 23.3 Å². The summed E-state index contributed by atoms with van der Waals surface area (Å²) in [5.41, 5.74) is 5.62. The second-order valence-electron chi connectivity index (χ2n) is 5.67. The van der Waals surface area contributed by atoms with Crippen LogP contribution in [0.25, 0.3) is 0 Å². The fraction of sp³-hybridized carbons (Fsp3) is 0.429. The van der Waals surface area contributed by atoms with Crippen LogP contribution in [0.15, 0.2) is 12.1 Å². The molecule has 116 valence electrons. The highest BCUT2D eigenvalue weighted by Gasteiger charge is 2.28. The molecule has 4 N–H and O–H groups in total. The van der Waals surface area contributed by atoms with Crippen LogP contribution in [0.3, 0.4) is 0 Å². The van der Waals surface area contributed by atoms with Gasteiger partial charge >= 0.3 is 5.97 Å². The Morgan fingerprint density at radius 3 is 2.38 bits per heavy atom. The van der Waals surface area contributed by atoms with Crippen molar-refractivity contribution in [3.63, 3.8) is 0 Å². The Morgan fingerprint density at radius 1 is 1.38 bits per heavy atom. The molecule has 1 aromatic carbocycles. The first kappa shape index (κ1) is 17.3. The van der Waals surface area contributed by atoms with Crippen molar-refractivity contribution in [1.29, 1.82) is 0 Å². The van der Waals surface area contributed by atoms with Crippen molar-refractivity contribution >= 4 is 29.2 Å². The van der Waals surface area contributed by atoms with Gasteiger partial charge in [0.1, 0.15) is 11.3 Å². The van der Waals surface area contributed by atoms with Crippen molar-refractivity contribution in [1.82, 2.24) is 0 Å². The third kappa shape index (κ3) is 4.09. The van der Waals surface area contributed by atoms with E-state index in [4.69, 9.17) is 27.2 Å². The van der Waals surface area contributed by atoms with E-state index in [1.54, 1.807) is 0 Å². The van der Waals surface area contributed by atoms with Gasteiger partial charge in [-0.1, -0.05) is 32.4 Å². The normalized spacial score (nSPS) is 12.7. The zero-order valence-corrected chi connectivity index (χ0v) is 13.1. The molecule has 0 aliphatic rings. The number of aromatic carboxylic acids is 1. The predicted molar refractivity (Wildman–Crippen MR) is 81.0 cm³/mol. The highest BCUT2D eigenvalue weighted by Crippen LogP contribution is 2.31. The number of nitrogens with two attached hydrogens (primary N) is 1. The lowest BCUT2D eigenvalue weighted by Gasteiger charge is -2.26.